The maximum Gasteiger partial charge on any atom is 0.270 e. The molecule has 0 aromatic carbocycles. The molecule has 2 heterocycles. The summed E-state index contributed by atoms with van der Waals surface area (Å²) in [6, 6.07) is 2.18. The molecule has 0 N–H and O–H groups in total. The number of piperidine rings is 1. The summed E-state index contributed by atoms with van der Waals surface area (Å²) in [5.74, 6) is 0.105. The Morgan fingerprint density at radius 2 is 2.30 bits per heavy atom. The van der Waals surface area contributed by atoms with Gasteiger partial charge in [0.1, 0.15) is 5.69 Å². The fourth-order valence-corrected chi connectivity index (χ4v) is 3.14. The van der Waals surface area contributed by atoms with E-state index in [1.807, 2.05) is 28.7 Å². The molecule has 1 aliphatic rings. The monoisotopic (exact) mass is 342 g/mol. The predicted octanol–water partition coefficient (Wildman–Crippen LogP) is 3.47. The van der Waals surface area contributed by atoms with Gasteiger partial charge in [0.15, 0.2) is 0 Å². The van der Waals surface area contributed by atoms with Crippen LogP contribution in [0.1, 0.15) is 50.1 Å². The van der Waals surface area contributed by atoms with Gasteiger partial charge in [0.25, 0.3) is 5.91 Å². The third-order valence-corrected chi connectivity index (χ3v) is 4.09. The number of hydrogen-bond acceptors (Lipinski definition) is 2. The van der Waals surface area contributed by atoms with E-state index in [2.05, 4.69) is 29.8 Å². The van der Waals surface area contributed by atoms with Gasteiger partial charge >= 0.3 is 0 Å². The molecule has 1 saturated heterocycles. The van der Waals surface area contributed by atoms with Gasteiger partial charge in [-0.2, -0.15) is 0 Å². The van der Waals surface area contributed by atoms with Gasteiger partial charge in [-0.3, -0.25) is 4.79 Å². The molecule has 0 bridgehead atoms. The van der Waals surface area contributed by atoms with Crippen molar-refractivity contribution >= 4 is 21.8 Å². The third kappa shape index (κ3) is 3.44. The van der Waals surface area contributed by atoms with Gasteiger partial charge in [-0.1, -0.05) is 0 Å². The van der Waals surface area contributed by atoms with Crippen LogP contribution < -0.4 is 0 Å². The molecule has 1 amide bonds. The van der Waals surface area contributed by atoms with E-state index < -0.39 is 0 Å². The van der Waals surface area contributed by atoms with E-state index in [1.54, 1.807) is 0 Å². The van der Waals surface area contributed by atoms with Crippen LogP contribution in [0.25, 0.3) is 0 Å². The maximum absolute atomic E-state index is 12.7. The van der Waals surface area contributed by atoms with E-state index in [9.17, 15) is 4.79 Å². The highest BCUT2D eigenvalue weighted by molar-refractivity contribution is 9.10. The Balaban J connectivity index is 2.14. The molecule has 5 heteroatoms. The van der Waals surface area contributed by atoms with Gasteiger partial charge in [-0.05, 0) is 55.6 Å². The number of nitrogens with zero attached hydrogens (tertiary/aromatic N) is 2. The van der Waals surface area contributed by atoms with Gasteiger partial charge in [-0.15, -0.1) is 0 Å². The Labute approximate surface area is 129 Å². The van der Waals surface area contributed by atoms with E-state index in [0.717, 1.165) is 29.6 Å². The summed E-state index contributed by atoms with van der Waals surface area (Å²) in [5.41, 5.74) is 0.754. The fraction of sp³-hybridized carbons (Fsp3) is 0.667. The average molecular weight is 343 g/mol. The zero-order chi connectivity index (χ0) is 14.7. The fourth-order valence-electron chi connectivity index (χ4n) is 2.70. The predicted molar refractivity (Wildman–Crippen MR) is 83.1 cm³/mol. The molecular weight excluding hydrogens is 320 g/mol. The van der Waals surface area contributed by atoms with E-state index in [-0.39, 0.29) is 18.1 Å². The average Bonchev–Trinajstić information content (AvgIpc) is 2.81. The van der Waals surface area contributed by atoms with Crippen LogP contribution in [0.15, 0.2) is 16.7 Å². The highest BCUT2D eigenvalue weighted by Gasteiger charge is 2.27. The normalized spacial score (nSPS) is 19.6. The number of halogens is 1. The van der Waals surface area contributed by atoms with Crippen LogP contribution in [0, 0.1) is 0 Å². The molecule has 2 rings (SSSR count). The first-order valence-electron chi connectivity index (χ1n) is 7.31. The summed E-state index contributed by atoms with van der Waals surface area (Å²) in [5, 5.41) is 0. The van der Waals surface area contributed by atoms with Crippen LogP contribution in [0.3, 0.4) is 0 Å². The summed E-state index contributed by atoms with van der Waals surface area (Å²) in [6.45, 7) is 8.41. The van der Waals surface area contributed by atoms with Gasteiger partial charge in [0, 0.05) is 36.4 Å². The number of aromatic nitrogens is 1. The molecular formula is C15H23BrN2O2. The second-order valence-electron chi connectivity index (χ2n) is 5.52. The molecule has 1 unspecified atom stereocenters. The van der Waals surface area contributed by atoms with Crippen molar-refractivity contribution in [1.82, 2.24) is 9.47 Å². The number of carbonyl (C=O) groups excluding carboxylic acids is 1. The zero-order valence-electron chi connectivity index (χ0n) is 12.4. The molecule has 0 saturated carbocycles. The van der Waals surface area contributed by atoms with Crippen molar-refractivity contribution in [2.45, 2.75) is 45.8 Å². The topological polar surface area (TPSA) is 34.5 Å². The molecule has 0 spiro atoms. The van der Waals surface area contributed by atoms with Gasteiger partial charge in [0.2, 0.25) is 0 Å². The van der Waals surface area contributed by atoms with Crippen molar-refractivity contribution in [2.75, 3.05) is 19.7 Å². The molecule has 0 aliphatic carbocycles. The molecule has 4 nitrogen and oxygen atoms in total. The summed E-state index contributed by atoms with van der Waals surface area (Å²) in [7, 11) is 0. The zero-order valence-corrected chi connectivity index (χ0v) is 14.0. The first-order chi connectivity index (χ1) is 9.52. The Bertz CT molecular complexity index is 468. The molecule has 1 aromatic rings. The van der Waals surface area contributed by atoms with E-state index in [1.165, 1.54) is 0 Å². The lowest BCUT2D eigenvalue weighted by Gasteiger charge is -2.32. The maximum atomic E-state index is 12.7. The Hall–Kier alpha value is -0.810. The van der Waals surface area contributed by atoms with E-state index in [4.69, 9.17) is 4.74 Å². The lowest BCUT2D eigenvalue weighted by molar-refractivity contribution is 0.00682. The van der Waals surface area contributed by atoms with Crippen molar-refractivity contribution in [1.29, 1.82) is 0 Å². The molecule has 1 aromatic heterocycles. The molecule has 1 atom stereocenters. The van der Waals surface area contributed by atoms with Gasteiger partial charge in [-0.25, -0.2) is 0 Å². The van der Waals surface area contributed by atoms with Crippen LogP contribution >= 0.6 is 15.9 Å². The second kappa shape index (κ2) is 6.76. The second-order valence-corrected chi connectivity index (χ2v) is 6.43. The number of carbonyl (C=O) groups is 1. The summed E-state index contributed by atoms with van der Waals surface area (Å²) >= 11 is 3.46. The molecule has 112 valence electrons. The number of rotatable bonds is 4. The third-order valence-electron chi connectivity index (χ3n) is 3.66. The minimum absolute atomic E-state index is 0.105. The minimum Gasteiger partial charge on any atom is -0.377 e. The lowest BCUT2D eigenvalue weighted by Crippen LogP contribution is -2.43. The van der Waals surface area contributed by atoms with Crippen LogP contribution in [-0.4, -0.2) is 41.2 Å². The molecule has 20 heavy (non-hydrogen) atoms. The smallest absolute Gasteiger partial charge is 0.270 e. The Morgan fingerprint density at radius 1 is 1.55 bits per heavy atom. The number of hydrogen-bond donors (Lipinski definition) is 0. The van der Waals surface area contributed by atoms with Gasteiger partial charge < -0.3 is 14.2 Å². The summed E-state index contributed by atoms with van der Waals surface area (Å²) in [6.07, 6.45) is 4.22. The van der Waals surface area contributed by atoms with Crippen molar-refractivity contribution in [2.24, 2.45) is 0 Å². The van der Waals surface area contributed by atoms with Crippen molar-refractivity contribution in [3.05, 3.63) is 22.4 Å². The van der Waals surface area contributed by atoms with E-state index in [0.29, 0.717) is 13.2 Å². The number of likely N-dealkylation sites (tertiary alicyclic amines) is 1. The van der Waals surface area contributed by atoms with Crippen molar-refractivity contribution in [3.63, 3.8) is 0 Å². The van der Waals surface area contributed by atoms with Crippen molar-refractivity contribution < 1.29 is 9.53 Å². The minimum atomic E-state index is 0.105. The summed E-state index contributed by atoms with van der Waals surface area (Å²) < 4.78 is 8.65. The lowest BCUT2D eigenvalue weighted by atomic mass is 10.1. The first kappa shape index (κ1) is 15.6. The van der Waals surface area contributed by atoms with Crippen LogP contribution in [-0.2, 0) is 4.74 Å². The van der Waals surface area contributed by atoms with E-state index >= 15 is 0 Å². The number of amides is 1. The largest absolute Gasteiger partial charge is 0.377 e. The molecule has 0 radical (unpaired) electrons. The first-order valence-corrected chi connectivity index (χ1v) is 8.10. The Morgan fingerprint density at radius 3 is 2.95 bits per heavy atom. The quantitative estimate of drug-likeness (QED) is 0.839. The molecule has 1 fully saturated rings. The summed E-state index contributed by atoms with van der Waals surface area (Å²) in [4.78, 5) is 14.6. The highest BCUT2D eigenvalue weighted by Crippen LogP contribution is 2.22. The SMILES string of the molecule is CCOC1CCCN(C(=O)c2cc(Br)cn2C(C)C)C1. The van der Waals surface area contributed by atoms with Crippen LogP contribution in [0.4, 0.5) is 0 Å². The Kier molecular flexibility index (Phi) is 5.27. The highest BCUT2D eigenvalue weighted by atomic mass is 79.9. The molecule has 1 aliphatic heterocycles. The standard InChI is InChI=1S/C15H23BrN2O2/c1-4-20-13-6-5-7-17(10-13)15(19)14-8-12(16)9-18(14)11(2)3/h8-9,11,13H,4-7,10H2,1-3H3. The van der Waals surface area contributed by atoms with Gasteiger partial charge in [0.05, 0.1) is 6.10 Å². The number of ether oxygens (including phenoxy) is 1. The van der Waals surface area contributed by atoms with Crippen molar-refractivity contribution in [3.8, 4) is 0 Å². The van der Waals surface area contributed by atoms with Crippen LogP contribution in [0.5, 0.6) is 0 Å². The van der Waals surface area contributed by atoms with Crippen LogP contribution in [0.2, 0.25) is 0 Å².